The quantitative estimate of drug-likeness (QED) is 0.678. The fourth-order valence-corrected chi connectivity index (χ4v) is 3.33. The molecule has 0 aliphatic heterocycles. The van der Waals surface area contributed by atoms with Crippen LogP contribution < -0.4 is 5.32 Å². The molecule has 2 aromatic rings. The molecule has 1 atom stereocenters. The summed E-state index contributed by atoms with van der Waals surface area (Å²) in [6, 6.07) is 17.8. The summed E-state index contributed by atoms with van der Waals surface area (Å²) in [4.78, 5) is 27.4. The second-order valence-corrected chi connectivity index (χ2v) is 9.29. The molecule has 30 heavy (non-hydrogen) atoms. The van der Waals surface area contributed by atoms with Crippen LogP contribution in [0, 0.1) is 0 Å². The van der Waals surface area contributed by atoms with E-state index in [9.17, 15) is 9.59 Å². The molecule has 162 valence electrons. The zero-order valence-corrected chi connectivity index (χ0v) is 19.2. The van der Waals surface area contributed by atoms with Crippen molar-refractivity contribution in [2.24, 2.45) is 0 Å². The minimum Gasteiger partial charge on any atom is -0.352 e. The Morgan fingerprint density at radius 2 is 1.50 bits per heavy atom. The van der Waals surface area contributed by atoms with Crippen molar-refractivity contribution in [3.8, 4) is 0 Å². The second kappa shape index (κ2) is 10.4. The van der Waals surface area contributed by atoms with Crippen LogP contribution >= 0.6 is 0 Å². The van der Waals surface area contributed by atoms with Gasteiger partial charge in [0.15, 0.2) is 0 Å². The SMILES string of the molecule is CC(C)NC(=O)C(C)N(Cc1ccccc1)C(=O)CCc1ccc(C(C)(C)C)cc1. The number of rotatable bonds is 8. The maximum Gasteiger partial charge on any atom is 0.242 e. The van der Waals surface area contributed by atoms with Gasteiger partial charge < -0.3 is 10.2 Å². The van der Waals surface area contributed by atoms with E-state index in [-0.39, 0.29) is 23.3 Å². The first-order valence-electron chi connectivity index (χ1n) is 10.8. The van der Waals surface area contributed by atoms with Gasteiger partial charge in [-0.05, 0) is 49.3 Å². The van der Waals surface area contributed by atoms with Gasteiger partial charge in [-0.15, -0.1) is 0 Å². The predicted molar refractivity (Wildman–Crippen MR) is 123 cm³/mol. The molecule has 1 N–H and O–H groups in total. The molecule has 1 unspecified atom stereocenters. The topological polar surface area (TPSA) is 49.4 Å². The molecular formula is C26H36N2O2. The molecule has 0 saturated heterocycles. The molecule has 0 fully saturated rings. The van der Waals surface area contributed by atoms with Crippen LogP contribution in [0.2, 0.25) is 0 Å². The monoisotopic (exact) mass is 408 g/mol. The van der Waals surface area contributed by atoms with Crippen LogP contribution in [0.5, 0.6) is 0 Å². The number of amides is 2. The number of aryl methyl sites for hydroxylation is 1. The fraction of sp³-hybridized carbons (Fsp3) is 0.462. The van der Waals surface area contributed by atoms with Gasteiger partial charge in [0, 0.05) is 19.0 Å². The molecule has 4 nitrogen and oxygen atoms in total. The van der Waals surface area contributed by atoms with Crippen LogP contribution in [-0.4, -0.2) is 28.8 Å². The van der Waals surface area contributed by atoms with Gasteiger partial charge in [-0.2, -0.15) is 0 Å². The summed E-state index contributed by atoms with van der Waals surface area (Å²) in [5, 5.41) is 2.92. The highest BCUT2D eigenvalue weighted by atomic mass is 16.2. The lowest BCUT2D eigenvalue weighted by Crippen LogP contribution is -2.49. The maximum absolute atomic E-state index is 13.1. The van der Waals surface area contributed by atoms with Gasteiger partial charge in [0.2, 0.25) is 11.8 Å². The van der Waals surface area contributed by atoms with Crippen molar-refractivity contribution in [3.05, 3.63) is 71.3 Å². The highest BCUT2D eigenvalue weighted by Crippen LogP contribution is 2.22. The molecule has 0 radical (unpaired) electrons. The summed E-state index contributed by atoms with van der Waals surface area (Å²) < 4.78 is 0. The third kappa shape index (κ3) is 7.01. The Kier molecular flexibility index (Phi) is 8.22. The molecule has 0 heterocycles. The molecule has 2 amide bonds. The average Bonchev–Trinajstić information content (AvgIpc) is 2.69. The summed E-state index contributed by atoms with van der Waals surface area (Å²) in [6.07, 6.45) is 1.04. The number of nitrogens with zero attached hydrogens (tertiary/aromatic N) is 1. The average molecular weight is 409 g/mol. The number of nitrogens with one attached hydrogen (secondary N) is 1. The Bertz CT molecular complexity index is 820. The molecule has 0 aliphatic carbocycles. The number of carbonyl (C=O) groups is 2. The summed E-state index contributed by atoms with van der Waals surface area (Å²) in [5.74, 6) is -0.131. The van der Waals surface area contributed by atoms with E-state index in [1.807, 2.05) is 44.2 Å². The fourth-order valence-electron chi connectivity index (χ4n) is 3.33. The van der Waals surface area contributed by atoms with E-state index in [0.717, 1.165) is 11.1 Å². The van der Waals surface area contributed by atoms with Crippen LogP contribution in [0.25, 0.3) is 0 Å². The number of benzene rings is 2. The van der Waals surface area contributed by atoms with E-state index in [2.05, 4.69) is 50.4 Å². The van der Waals surface area contributed by atoms with E-state index >= 15 is 0 Å². The van der Waals surface area contributed by atoms with E-state index in [1.54, 1.807) is 11.8 Å². The van der Waals surface area contributed by atoms with Crippen molar-refractivity contribution >= 4 is 11.8 Å². The van der Waals surface area contributed by atoms with Gasteiger partial charge in [0.1, 0.15) is 6.04 Å². The van der Waals surface area contributed by atoms with Crippen LogP contribution in [0.4, 0.5) is 0 Å². The molecule has 0 aliphatic rings. The predicted octanol–water partition coefficient (Wildman–Crippen LogP) is 4.86. The number of carbonyl (C=O) groups excluding carboxylic acids is 2. The zero-order chi connectivity index (χ0) is 22.3. The van der Waals surface area contributed by atoms with Crippen molar-refractivity contribution in [2.45, 2.75) is 78.4 Å². The van der Waals surface area contributed by atoms with Gasteiger partial charge >= 0.3 is 0 Å². The summed E-state index contributed by atoms with van der Waals surface area (Å²) in [7, 11) is 0. The Morgan fingerprint density at radius 1 is 0.900 bits per heavy atom. The molecule has 0 bridgehead atoms. The van der Waals surface area contributed by atoms with Gasteiger partial charge in [0.05, 0.1) is 0 Å². The largest absolute Gasteiger partial charge is 0.352 e. The molecule has 0 aromatic heterocycles. The van der Waals surface area contributed by atoms with Gasteiger partial charge in [-0.1, -0.05) is 75.4 Å². The minimum atomic E-state index is -0.525. The van der Waals surface area contributed by atoms with Crippen LogP contribution in [0.3, 0.4) is 0 Å². The first-order valence-corrected chi connectivity index (χ1v) is 10.8. The van der Waals surface area contributed by atoms with E-state index < -0.39 is 6.04 Å². The summed E-state index contributed by atoms with van der Waals surface area (Å²) >= 11 is 0. The molecule has 4 heteroatoms. The van der Waals surface area contributed by atoms with Gasteiger partial charge in [-0.3, -0.25) is 9.59 Å². The minimum absolute atomic E-state index is 0.00911. The smallest absolute Gasteiger partial charge is 0.242 e. The Labute approximate surface area is 181 Å². The summed E-state index contributed by atoms with van der Waals surface area (Å²) in [5.41, 5.74) is 3.54. The van der Waals surface area contributed by atoms with E-state index in [0.29, 0.717) is 19.4 Å². The number of hydrogen-bond acceptors (Lipinski definition) is 2. The molecular weight excluding hydrogens is 372 g/mol. The van der Waals surface area contributed by atoms with Crippen molar-refractivity contribution in [2.75, 3.05) is 0 Å². The van der Waals surface area contributed by atoms with Crippen molar-refractivity contribution in [3.63, 3.8) is 0 Å². The second-order valence-electron chi connectivity index (χ2n) is 9.29. The highest BCUT2D eigenvalue weighted by molar-refractivity contribution is 5.87. The molecule has 2 aromatic carbocycles. The Balaban J connectivity index is 2.10. The lowest BCUT2D eigenvalue weighted by molar-refractivity contribution is -0.140. The maximum atomic E-state index is 13.1. The third-order valence-electron chi connectivity index (χ3n) is 5.24. The van der Waals surface area contributed by atoms with Gasteiger partial charge in [-0.25, -0.2) is 0 Å². The van der Waals surface area contributed by atoms with Gasteiger partial charge in [0.25, 0.3) is 0 Å². The van der Waals surface area contributed by atoms with Crippen LogP contribution in [0.1, 0.15) is 64.7 Å². The Hall–Kier alpha value is -2.62. The standard InChI is InChI=1S/C26H36N2O2/c1-19(2)27-25(30)20(3)28(18-22-10-8-7-9-11-22)24(29)17-14-21-12-15-23(16-13-21)26(4,5)6/h7-13,15-16,19-20H,14,17-18H2,1-6H3,(H,27,30). The van der Waals surface area contributed by atoms with Crippen molar-refractivity contribution in [1.29, 1.82) is 0 Å². The highest BCUT2D eigenvalue weighted by Gasteiger charge is 2.26. The Morgan fingerprint density at radius 3 is 2.03 bits per heavy atom. The number of hydrogen-bond donors (Lipinski definition) is 1. The first kappa shape index (κ1) is 23.7. The lowest BCUT2D eigenvalue weighted by Gasteiger charge is -2.29. The molecule has 2 rings (SSSR count). The summed E-state index contributed by atoms with van der Waals surface area (Å²) in [6.45, 7) is 12.7. The van der Waals surface area contributed by atoms with Crippen LogP contribution in [0.15, 0.2) is 54.6 Å². The lowest BCUT2D eigenvalue weighted by atomic mass is 9.86. The van der Waals surface area contributed by atoms with Crippen LogP contribution in [-0.2, 0) is 28.0 Å². The molecule has 0 saturated carbocycles. The zero-order valence-electron chi connectivity index (χ0n) is 19.2. The van der Waals surface area contributed by atoms with E-state index in [4.69, 9.17) is 0 Å². The van der Waals surface area contributed by atoms with Crippen molar-refractivity contribution in [1.82, 2.24) is 10.2 Å². The normalized spacial score (nSPS) is 12.5. The van der Waals surface area contributed by atoms with Crippen molar-refractivity contribution < 1.29 is 9.59 Å². The first-order chi connectivity index (χ1) is 14.1. The van der Waals surface area contributed by atoms with E-state index in [1.165, 1.54) is 5.56 Å². The molecule has 0 spiro atoms. The third-order valence-corrected chi connectivity index (χ3v) is 5.24.